The summed E-state index contributed by atoms with van der Waals surface area (Å²) >= 11 is 1.00. The Labute approximate surface area is 149 Å². The summed E-state index contributed by atoms with van der Waals surface area (Å²) in [5.41, 5.74) is 0. The molecule has 0 radical (unpaired) electrons. The van der Waals surface area contributed by atoms with Crippen LogP contribution >= 0.6 is 0 Å². The molecule has 0 fully saturated rings. The van der Waals surface area contributed by atoms with Crippen molar-refractivity contribution in [2.45, 2.75) is 96.8 Å². The van der Waals surface area contributed by atoms with E-state index in [1.807, 2.05) is 0 Å². The second kappa shape index (κ2) is 23.2. The monoisotopic (exact) mass is 347 g/mol. The van der Waals surface area contributed by atoms with Crippen molar-refractivity contribution in [2.75, 3.05) is 0 Å². The fourth-order valence-electron chi connectivity index (χ4n) is 2.35. The van der Waals surface area contributed by atoms with Gasteiger partial charge in [0.05, 0.1) is 0 Å². The third-order valence-electron chi connectivity index (χ3n) is 3.65. The molecule has 0 aliphatic heterocycles. The molecule has 0 aliphatic rings. The van der Waals surface area contributed by atoms with E-state index in [1.165, 1.54) is 70.6 Å². The van der Waals surface area contributed by atoms with Crippen molar-refractivity contribution < 1.29 is 34.4 Å². The normalized spacial score (nSPS) is 10.4. The first-order valence-corrected chi connectivity index (χ1v) is 9.56. The Morgan fingerprint density at radius 1 is 0.773 bits per heavy atom. The van der Waals surface area contributed by atoms with Crippen LogP contribution in [0.2, 0.25) is 0 Å². The van der Waals surface area contributed by atoms with Gasteiger partial charge in [-0.1, -0.05) is 70.4 Å². The standard InChI is InChI=1S/C18H34O2.H2O.Ti/c1-2-3-4-5-6-7-8-9-10-11-12-13-14-15-16-17-18(19)20;;/h9-10H,2-8,11-17H2,1H3,(H,19,20);1H2;/q;;+1/p-1. The Morgan fingerprint density at radius 2 is 1.18 bits per heavy atom. The SMILES string of the molecule is CCCCCCCCC=CCCCCCCCC(=O)O.[OH][Ti]. The number of hydrogen-bond acceptors (Lipinski definition) is 2. The zero-order valence-corrected chi connectivity index (χ0v) is 15.9. The van der Waals surface area contributed by atoms with Crippen molar-refractivity contribution in [3.05, 3.63) is 12.2 Å². The maximum atomic E-state index is 10.3. The van der Waals surface area contributed by atoms with E-state index in [0.717, 1.165) is 33.7 Å². The predicted molar refractivity (Wildman–Crippen MR) is 89.3 cm³/mol. The Kier molecular flexibility index (Phi) is 25.4. The molecule has 0 aromatic rings. The molecule has 0 saturated carbocycles. The molecule has 0 atom stereocenters. The van der Waals surface area contributed by atoms with Crippen LogP contribution < -0.4 is 0 Å². The third-order valence-corrected chi connectivity index (χ3v) is 3.65. The number of hydrogen-bond donors (Lipinski definition) is 2. The van der Waals surface area contributed by atoms with Gasteiger partial charge in [-0.05, 0) is 32.1 Å². The van der Waals surface area contributed by atoms with Crippen LogP contribution in [0.25, 0.3) is 0 Å². The van der Waals surface area contributed by atoms with E-state index in [1.54, 1.807) is 0 Å². The second-order valence-corrected chi connectivity index (χ2v) is 5.73. The summed E-state index contributed by atoms with van der Waals surface area (Å²) in [6.45, 7) is 2.26. The molecule has 22 heavy (non-hydrogen) atoms. The van der Waals surface area contributed by atoms with Crippen LogP contribution in [-0.2, 0) is 25.6 Å². The van der Waals surface area contributed by atoms with E-state index in [-0.39, 0.29) is 0 Å². The molecule has 0 spiro atoms. The summed E-state index contributed by atoms with van der Waals surface area (Å²) in [5, 5.41) is 8.51. The van der Waals surface area contributed by atoms with E-state index in [9.17, 15) is 4.79 Å². The molecule has 0 rings (SSSR count). The molecule has 3 nitrogen and oxygen atoms in total. The molecular weight excluding hydrogens is 312 g/mol. The molecule has 4 heteroatoms. The number of carboxylic acids is 1. The fourth-order valence-corrected chi connectivity index (χ4v) is 2.35. The summed E-state index contributed by atoms with van der Waals surface area (Å²) in [6, 6.07) is 0. The molecule has 0 saturated heterocycles. The van der Waals surface area contributed by atoms with Crippen LogP contribution in [0.5, 0.6) is 0 Å². The summed E-state index contributed by atoms with van der Waals surface area (Å²) in [6.07, 6.45) is 21.2. The van der Waals surface area contributed by atoms with Crippen LogP contribution in [-0.4, -0.2) is 14.8 Å². The van der Waals surface area contributed by atoms with Crippen LogP contribution in [0.1, 0.15) is 96.8 Å². The number of carbonyl (C=O) groups is 1. The molecule has 0 heterocycles. The molecule has 0 aliphatic carbocycles. The molecule has 0 unspecified atom stereocenters. The minimum absolute atomic E-state index is 0.332. The third kappa shape index (κ3) is 24.9. The van der Waals surface area contributed by atoms with Gasteiger partial charge in [0, 0.05) is 6.42 Å². The van der Waals surface area contributed by atoms with Gasteiger partial charge < -0.3 is 5.11 Å². The first-order chi connectivity index (χ1) is 10.8. The number of rotatable bonds is 15. The van der Waals surface area contributed by atoms with Gasteiger partial charge in [-0.2, -0.15) is 0 Å². The molecule has 0 aromatic heterocycles. The maximum absolute atomic E-state index is 10.3. The molecule has 0 amide bonds. The van der Waals surface area contributed by atoms with Crippen LogP contribution in [0.3, 0.4) is 0 Å². The van der Waals surface area contributed by atoms with E-state index >= 15 is 0 Å². The van der Waals surface area contributed by atoms with E-state index in [4.69, 9.17) is 8.79 Å². The number of allylic oxidation sites excluding steroid dienone is 2. The Balaban J connectivity index is 0. The molecule has 129 valence electrons. The summed E-state index contributed by atoms with van der Waals surface area (Å²) in [5.74, 6) is -0.664. The average Bonchev–Trinajstić information content (AvgIpc) is 2.53. The average molecular weight is 347 g/mol. The van der Waals surface area contributed by atoms with E-state index in [0.29, 0.717) is 6.42 Å². The summed E-state index contributed by atoms with van der Waals surface area (Å²) < 4.78 is 7.00. The first kappa shape index (κ1) is 24.1. The van der Waals surface area contributed by atoms with Gasteiger partial charge in [-0.15, -0.1) is 0 Å². The predicted octanol–water partition coefficient (Wildman–Crippen LogP) is 5.55. The fraction of sp³-hybridized carbons (Fsp3) is 0.833. The van der Waals surface area contributed by atoms with Crippen LogP contribution in [0.4, 0.5) is 0 Å². The van der Waals surface area contributed by atoms with Crippen molar-refractivity contribution in [1.82, 2.24) is 0 Å². The Hall–Kier alpha value is -0.116. The summed E-state index contributed by atoms with van der Waals surface area (Å²) in [7, 11) is 0. The number of aliphatic carboxylic acids is 1. The zero-order chi connectivity index (χ0) is 16.9. The van der Waals surface area contributed by atoms with E-state index in [2.05, 4.69) is 19.1 Å². The van der Waals surface area contributed by atoms with Gasteiger partial charge in [0.1, 0.15) is 0 Å². The summed E-state index contributed by atoms with van der Waals surface area (Å²) in [4.78, 5) is 10.3. The molecular formula is C18H35O3Ti. The minimum atomic E-state index is -0.664. The van der Waals surface area contributed by atoms with Crippen LogP contribution in [0, 0.1) is 0 Å². The van der Waals surface area contributed by atoms with Crippen molar-refractivity contribution in [1.29, 1.82) is 0 Å². The second-order valence-electron chi connectivity index (χ2n) is 5.73. The molecule has 2 N–H and O–H groups in total. The van der Waals surface area contributed by atoms with Crippen molar-refractivity contribution in [3.63, 3.8) is 0 Å². The van der Waals surface area contributed by atoms with Gasteiger partial charge >= 0.3 is 30.5 Å². The first-order valence-electron chi connectivity index (χ1n) is 8.86. The Morgan fingerprint density at radius 3 is 1.64 bits per heavy atom. The van der Waals surface area contributed by atoms with Gasteiger partial charge in [-0.25, -0.2) is 0 Å². The quantitative estimate of drug-likeness (QED) is 0.232. The van der Waals surface area contributed by atoms with Gasteiger partial charge in [-0.3, -0.25) is 4.79 Å². The Bertz CT molecular complexity index is 242. The van der Waals surface area contributed by atoms with Crippen molar-refractivity contribution >= 4 is 5.97 Å². The number of carboxylic acid groups (broad SMARTS) is 1. The van der Waals surface area contributed by atoms with Gasteiger partial charge in [0.25, 0.3) is 0 Å². The van der Waals surface area contributed by atoms with Gasteiger partial charge in [0.2, 0.25) is 0 Å². The van der Waals surface area contributed by atoms with Gasteiger partial charge in [0.15, 0.2) is 0 Å². The molecule has 0 bridgehead atoms. The zero-order valence-electron chi connectivity index (χ0n) is 14.4. The number of unbranched alkanes of at least 4 members (excludes halogenated alkanes) is 11. The topological polar surface area (TPSA) is 57.5 Å². The van der Waals surface area contributed by atoms with Crippen molar-refractivity contribution in [2.24, 2.45) is 0 Å². The van der Waals surface area contributed by atoms with Crippen LogP contribution in [0.15, 0.2) is 12.2 Å². The molecule has 0 aromatic carbocycles. The van der Waals surface area contributed by atoms with Crippen molar-refractivity contribution in [3.8, 4) is 0 Å². The van der Waals surface area contributed by atoms with E-state index < -0.39 is 5.97 Å².